The third-order valence-electron chi connectivity index (χ3n) is 2.82. The molecule has 0 amide bonds. The highest BCUT2D eigenvalue weighted by Gasteiger charge is 2.01. The second-order valence-corrected chi connectivity index (χ2v) is 6.02. The Hall–Kier alpha value is 0.350. The lowest BCUT2D eigenvalue weighted by Crippen LogP contribution is -2.31. The molecule has 0 fully saturated rings. The molecule has 1 aromatic rings. The van der Waals surface area contributed by atoms with E-state index in [0.717, 1.165) is 37.2 Å². The first kappa shape index (κ1) is 15.4. The van der Waals surface area contributed by atoms with E-state index in [-0.39, 0.29) is 0 Å². The predicted octanol–water partition coefficient (Wildman–Crippen LogP) is 3.49. The fraction of sp³-hybridized carbons (Fsp3) is 0.538. The quantitative estimate of drug-likeness (QED) is 0.546. The Morgan fingerprint density at radius 2 is 2.00 bits per heavy atom. The zero-order valence-corrected chi connectivity index (χ0v) is 14.2. The van der Waals surface area contributed by atoms with Gasteiger partial charge in [-0.1, -0.05) is 29.8 Å². The topological polar surface area (TPSA) is 15.3 Å². The van der Waals surface area contributed by atoms with Crippen molar-refractivity contribution in [2.45, 2.75) is 20.4 Å². The normalized spacial score (nSPS) is 11.1. The van der Waals surface area contributed by atoms with Crippen LogP contribution in [0.25, 0.3) is 0 Å². The molecule has 0 aliphatic heterocycles. The van der Waals surface area contributed by atoms with E-state index in [1.165, 1.54) is 9.13 Å². The van der Waals surface area contributed by atoms with Crippen LogP contribution in [-0.2, 0) is 6.54 Å². The van der Waals surface area contributed by atoms with Gasteiger partial charge in [0.05, 0.1) is 0 Å². The molecular weight excluding hydrogens is 391 g/mol. The number of likely N-dealkylation sites (N-methyl/N-ethyl adjacent to an activating group) is 1. The van der Waals surface area contributed by atoms with Gasteiger partial charge in [-0.25, -0.2) is 0 Å². The Bertz CT molecular complexity index is 340. The van der Waals surface area contributed by atoms with Gasteiger partial charge in [-0.05, 0) is 59.4 Å². The second-order valence-electron chi connectivity index (χ2n) is 3.94. The molecule has 1 aromatic carbocycles. The smallest absolute Gasteiger partial charge is 0.0216 e. The third-order valence-corrected chi connectivity index (χ3v) is 4.37. The van der Waals surface area contributed by atoms with Crippen LogP contribution in [0.4, 0.5) is 0 Å². The van der Waals surface area contributed by atoms with Gasteiger partial charge in [0.1, 0.15) is 0 Å². The highest BCUT2D eigenvalue weighted by molar-refractivity contribution is 14.1. The summed E-state index contributed by atoms with van der Waals surface area (Å²) < 4.78 is 2.47. The molecule has 0 saturated heterocycles. The molecule has 0 unspecified atom stereocenters. The van der Waals surface area contributed by atoms with Gasteiger partial charge in [0.2, 0.25) is 0 Å². The Balaban J connectivity index is 2.33. The highest BCUT2D eigenvalue weighted by atomic mass is 127. The molecule has 0 saturated carbocycles. The fourth-order valence-corrected chi connectivity index (χ4v) is 2.61. The Kier molecular flexibility index (Phi) is 7.66. The molecule has 0 bridgehead atoms. The van der Waals surface area contributed by atoms with Crippen LogP contribution < -0.4 is 5.32 Å². The van der Waals surface area contributed by atoms with Crippen molar-refractivity contribution < 1.29 is 0 Å². The lowest BCUT2D eigenvalue weighted by atomic mass is 10.2. The molecule has 0 atom stereocenters. The van der Waals surface area contributed by atoms with E-state index in [0.29, 0.717) is 0 Å². The van der Waals surface area contributed by atoms with E-state index in [2.05, 4.69) is 80.8 Å². The molecule has 4 heteroatoms. The van der Waals surface area contributed by atoms with Gasteiger partial charge in [-0.3, -0.25) is 0 Å². The zero-order chi connectivity index (χ0) is 12.7. The van der Waals surface area contributed by atoms with Gasteiger partial charge in [0.15, 0.2) is 0 Å². The molecule has 1 rings (SSSR count). The van der Waals surface area contributed by atoms with Gasteiger partial charge >= 0.3 is 0 Å². The highest BCUT2D eigenvalue weighted by Crippen LogP contribution is 2.18. The van der Waals surface area contributed by atoms with E-state index in [1.807, 2.05) is 0 Å². The van der Waals surface area contributed by atoms with Crippen molar-refractivity contribution in [2.75, 3.05) is 26.2 Å². The second kappa shape index (κ2) is 8.45. The Labute approximate surface area is 126 Å². The van der Waals surface area contributed by atoms with Crippen LogP contribution in [0.2, 0.25) is 0 Å². The number of benzene rings is 1. The minimum atomic E-state index is 0.943. The molecule has 0 radical (unpaired) electrons. The van der Waals surface area contributed by atoms with Gasteiger partial charge in [0, 0.05) is 27.7 Å². The van der Waals surface area contributed by atoms with Gasteiger partial charge in [0.25, 0.3) is 0 Å². The first-order chi connectivity index (χ1) is 8.17. The monoisotopic (exact) mass is 410 g/mol. The molecular formula is C13H20BrIN2. The number of nitrogens with one attached hydrogen (secondary N) is 1. The first-order valence-corrected chi connectivity index (χ1v) is 7.91. The molecule has 0 aliphatic carbocycles. The molecule has 17 heavy (non-hydrogen) atoms. The third kappa shape index (κ3) is 5.68. The van der Waals surface area contributed by atoms with Crippen molar-refractivity contribution in [3.05, 3.63) is 31.8 Å². The molecule has 0 spiro atoms. The number of hydrogen-bond acceptors (Lipinski definition) is 2. The molecule has 2 nitrogen and oxygen atoms in total. The van der Waals surface area contributed by atoms with Crippen molar-refractivity contribution >= 4 is 38.5 Å². The zero-order valence-electron chi connectivity index (χ0n) is 10.5. The summed E-state index contributed by atoms with van der Waals surface area (Å²) in [5.41, 5.74) is 1.36. The molecule has 96 valence electrons. The Morgan fingerprint density at radius 3 is 2.65 bits per heavy atom. The summed E-state index contributed by atoms with van der Waals surface area (Å²) in [5.74, 6) is 0. The van der Waals surface area contributed by atoms with Crippen molar-refractivity contribution in [1.82, 2.24) is 10.2 Å². The lowest BCUT2D eigenvalue weighted by molar-refractivity contribution is 0.302. The average molecular weight is 411 g/mol. The summed E-state index contributed by atoms with van der Waals surface area (Å²) in [4.78, 5) is 2.43. The van der Waals surface area contributed by atoms with E-state index in [9.17, 15) is 0 Å². The number of rotatable bonds is 7. The van der Waals surface area contributed by atoms with Gasteiger partial charge in [-0.2, -0.15) is 0 Å². The Morgan fingerprint density at radius 1 is 1.29 bits per heavy atom. The summed E-state index contributed by atoms with van der Waals surface area (Å²) in [6, 6.07) is 6.42. The number of halogens is 2. The van der Waals surface area contributed by atoms with Crippen LogP contribution in [0.1, 0.15) is 19.4 Å². The molecule has 1 N–H and O–H groups in total. The predicted molar refractivity (Wildman–Crippen MR) is 86.4 cm³/mol. The molecule has 0 aromatic heterocycles. The van der Waals surface area contributed by atoms with Crippen molar-refractivity contribution in [3.8, 4) is 0 Å². The maximum Gasteiger partial charge on any atom is 0.0216 e. The average Bonchev–Trinajstić information content (AvgIpc) is 2.33. The maximum absolute atomic E-state index is 3.51. The molecule has 0 aliphatic rings. The standard InChI is InChI=1S/C13H20BrIN2/c1-3-17(4-2)8-7-16-10-11-9-12(14)5-6-13(11)15/h5-6,9,16H,3-4,7-8,10H2,1-2H3. The summed E-state index contributed by atoms with van der Waals surface area (Å²) >= 11 is 5.90. The largest absolute Gasteiger partial charge is 0.311 e. The van der Waals surface area contributed by atoms with E-state index in [4.69, 9.17) is 0 Å². The summed E-state index contributed by atoms with van der Waals surface area (Å²) in [6.07, 6.45) is 0. The van der Waals surface area contributed by atoms with Crippen LogP contribution in [0, 0.1) is 3.57 Å². The van der Waals surface area contributed by atoms with E-state index in [1.54, 1.807) is 0 Å². The molecule has 0 heterocycles. The van der Waals surface area contributed by atoms with E-state index >= 15 is 0 Å². The van der Waals surface area contributed by atoms with Crippen molar-refractivity contribution in [1.29, 1.82) is 0 Å². The summed E-state index contributed by atoms with van der Waals surface area (Å²) in [6.45, 7) is 9.79. The fourth-order valence-electron chi connectivity index (χ4n) is 1.68. The lowest BCUT2D eigenvalue weighted by Gasteiger charge is -2.18. The summed E-state index contributed by atoms with van der Waals surface area (Å²) in [7, 11) is 0. The van der Waals surface area contributed by atoms with Gasteiger partial charge < -0.3 is 10.2 Å². The van der Waals surface area contributed by atoms with Crippen LogP contribution in [-0.4, -0.2) is 31.1 Å². The summed E-state index contributed by atoms with van der Waals surface area (Å²) in [5, 5.41) is 3.50. The van der Waals surface area contributed by atoms with Crippen LogP contribution in [0.15, 0.2) is 22.7 Å². The van der Waals surface area contributed by atoms with E-state index < -0.39 is 0 Å². The first-order valence-electron chi connectivity index (χ1n) is 6.04. The SMILES string of the molecule is CCN(CC)CCNCc1cc(Br)ccc1I. The van der Waals surface area contributed by atoms with Gasteiger partial charge in [-0.15, -0.1) is 0 Å². The van der Waals surface area contributed by atoms with Crippen LogP contribution >= 0.6 is 38.5 Å². The van der Waals surface area contributed by atoms with Crippen LogP contribution in [0.5, 0.6) is 0 Å². The minimum Gasteiger partial charge on any atom is -0.311 e. The number of nitrogens with zero attached hydrogens (tertiary/aromatic N) is 1. The minimum absolute atomic E-state index is 0.943. The maximum atomic E-state index is 3.51. The van der Waals surface area contributed by atoms with Crippen LogP contribution in [0.3, 0.4) is 0 Å². The number of hydrogen-bond donors (Lipinski definition) is 1. The van der Waals surface area contributed by atoms with Crippen molar-refractivity contribution in [3.63, 3.8) is 0 Å². The van der Waals surface area contributed by atoms with Crippen molar-refractivity contribution in [2.24, 2.45) is 0 Å².